The van der Waals surface area contributed by atoms with E-state index < -0.39 is 0 Å². The van der Waals surface area contributed by atoms with Crippen molar-refractivity contribution in [3.8, 4) is 0 Å². The SMILES string of the molecule is NC(=O)C1CCCN(CC(O)CBr)C1. The van der Waals surface area contributed by atoms with Crippen molar-refractivity contribution < 1.29 is 9.90 Å². The number of β-amino-alcohol motifs (C(OH)–C–C–N with tert-alkyl or cyclic N) is 1. The van der Waals surface area contributed by atoms with Crippen LogP contribution in [0.15, 0.2) is 0 Å². The monoisotopic (exact) mass is 264 g/mol. The minimum absolute atomic E-state index is 0.0359. The second-order valence-corrected chi connectivity index (χ2v) is 4.46. The molecule has 1 heterocycles. The summed E-state index contributed by atoms with van der Waals surface area (Å²) in [4.78, 5) is 13.1. The van der Waals surface area contributed by atoms with Gasteiger partial charge in [-0.1, -0.05) is 15.9 Å². The number of primary amides is 1. The summed E-state index contributed by atoms with van der Waals surface area (Å²) in [6.45, 7) is 2.27. The molecule has 0 spiro atoms. The van der Waals surface area contributed by atoms with Crippen molar-refractivity contribution in [1.29, 1.82) is 0 Å². The maximum Gasteiger partial charge on any atom is 0.221 e. The lowest BCUT2D eigenvalue weighted by molar-refractivity contribution is -0.123. The first kappa shape index (κ1) is 11.9. The summed E-state index contributed by atoms with van der Waals surface area (Å²) < 4.78 is 0. The Kier molecular flexibility index (Phi) is 4.84. The van der Waals surface area contributed by atoms with Crippen LogP contribution in [0.25, 0.3) is 0 Å². The molecular formula is C9H17BrN2O2. The van der Waals surface area contributed by atoms with Crippen LogP contribution < -0.4 is 5.73 Å². The standard InChI is InChI=1S/C9H17BrN2O2/c10-4-8(13)6-12-3-1-2-7(5-12)9(11)14/h7-8,13H,1-6H2,(H2,11,14). The molecule has 1 fully saturated rings. The summed E-state index contributed by atoms with van der Waals surface area (Å²) >= 11 is 3.22. The number of hydrogen-bond acceptors (Lipinski definition) is 3. The van der Waals surface area contributed by atoms with Crippen LogP contribution in [0.2, 0.25) is 0 Å². The summed E-state index contributed by atoms with van der Waals surface area (Å²) in [7, 11) is 0. The lowest BCUT2D eigenvalue weighted by Crippen LogP contribution is -2.44. The van der Waals surface area contributed by atoms with Crippen molar-refractivity contribution in [2.45, 2.75) is 18.9 Å². The summed E-state index contributed by atoms with van der Waals surface area (Å²) in [6, 6.07) is 0. The summed E-state index contributed by atoms with van der Waals surface area (Å²) in [6.07, 6.45) is 1.51. The fourth-order valence-corrected chi connectivity index (χ4v) is 2.01. The van der Waals surface area contributed by atoms with Gasteiger partial charge in [-0.2, -0.15) is 0 Å². The van der Waals surface area contributed by atoms with Gasteiger partial charge in [-0.05, 0) is 19.4 Å². The van der Waals surface area contributed by atoms with Gasteiger partial charge in [0, 0.05) is 18.4 Å². The number of piperidine rings is 1. The third kappa shape index (κ3) is 3.55. The molecule has 1 aliphatic rings. The predicted molar refractivity (Wildman–Crippen MR) is 58.2 cm³/mol. The van der Waals surface area contributed by atoms with E-state index in [1.165, 1.54) is 0 Å². The van der Waals surface area contributed by atoms with Crippen LogP contribution in [0.5, 0.6) is 0 Å². The normalized spacial score (nSPS) is 26.0. The number of alkyl halides is 1. The summed E-state index contributed by atoms with van der Waals surface area (Å²) in [5, 5.41) is 10.0. The molecule has 0 aliphatic carbocycles. The Labute approximate surface area is 92.6 Å². The van der Waals surface area contributed by atoms with Crippen molar-refractivity contribution in [3.63, 3.8) is 0 Å². The van der Waals surface area contributed by atoms with Crippen LogP contribution in [-0.2, 0) is 4.79 Å². The molecule has 0 aromatic carbocycles. The average Bonchev–Trinajstić information content (AvgIpc) is 2.18. The number of nitrogens with two attached hydrogens (primary N) is 1. The van der Waals surface area contributed by atoms with Gasteiger partial charge in [-0.15, -0.1) is 0 Å². The smallest absolute Gasteiger partial charge is 0.221 e. The van der Waals surface area contributed by atoms with Crippen LogP contribution in [-0.4, -0.2) is 47.0 Å². The molecule has 0 radical (unpaired) electrons. The fourth-order valence-electron chi connectivity index (χ4n) is 1.80. The minimum atomic E-state index is -0.360. The first-order valence-corrected chi connectivity index (χ1v) is 6.01. The van der Waals surface area contributed by atoms with E-state index in [9.17, 15) is 9.90 Å². The van der Waals surface area contributed by atoms with Crippen molar-refractivity contribution in [3.05, 3.63) is 0 Å². The molecule has 2 atom stereocenters. The van der Waals surface area contributed by atoms with E-state index in [0.29, 0.717) is 18.4 Å². The number of nitrogens with zero attached hydrogens (tertiary/aromatic N) is 1. The highest BCUT2D eigenvalue weighted by Crippen LogP contribution is 2.16. The van der Waals surface area contributed by atoms with E-state index in [4.69, 9.17) is 5.73 Å². The highest BCUT2D eigenvalue weighted by molar-refractivity contribution is 9.09. The van der Waals surface area contributed by atoms with Crippen molar-refractivity contribution in [2.24, 2.45) is 11.7 Å². The van der Waals surface area contributed by atoms with E-state index in [1.54, 1.807) is 0 Å². The molecule has 1 amide bonds. The van der Waals surface area contributed by atoms with Gasteiger partial charge >= 0.3 is 0 Å². The van der Waals surface area contributed by atoms with E-state index in [0.717, 1.165) is 19.4 Å². The molecular weight excluding hydrogens is 248 g/mol. The Morgan fingerprint density at radius 1 is 1.71 bits per heavy atom. The van der Waals surface area contributed by atoms with Gasteiger partial charge in [0.1, 0.15) is 0 Å². The lowest BCUT2D eigenvalue weighted by Gasteiger charge is -2.32. The van der Waals surface area contributed by atoms with Crippen LogP contribution in [0.1, 0.15) is 12.8 Å². The van der Waals surface area contributed by atoms with Gasteiger partial charge in [0.25, 0.3) is 0 Å². The molecule has 1 saturated heterocycles. The molecule has 3 N–H and O–H groups in total. The minimum Gasteiger partial charge on any atom is -0.391 e. The van der Waals surface area contributed by atoms with Gasteiger partial charge < -0.3 is 10.8 Å². The molecule has 5 heteroatoms. The fraction of sp³-hybridized carbons (Fsp3) is 0.889. The number of amides is 1. The van der Waals surface area contributed by atoms with Crippen LogP contribution in [0.3, 0.4) is 0 Å². The summed E-state index contributed by atoms with van der Waals surface area (Å²) in [5.74, 6) is -0.255. The highest BCUT2D eigenvalue weighted by Gasteiger charge is 2.24. The van der Waals surface area contributed by atoms with Gasteiger partial charge in [0.15, 0.2) is 0 Å². The first-order valence-electron chi connectivity index (χ1n) is 4.89. The van der Waals surface area contributed by atoms with Gasteiger partial charge in [0.05, 0.1) is 12.0 Å². The zero-order valence-electron chi connectivity index (χ0n) is 8.16. The van der Waals surface area contributed by atoms with Crippen molar-refractivity contribution in [2.75, 3.05) is 25.0 Å². The molecule has 1 aliphatic heterocycles. The average molecular weight is 265 g/mol. The number of hydrogen-bond donors (Lipinski definition) is 2. The Bertz CT molecular complexity index is 201. The van der Waals surface area contributed by atoms with E-state index >= 15 is 0 Å². The van der Waals surface area contributed by atoms with Crippen LogP contribution in [0, 0.1) is 5.92 Å². The Hall–Kier alpha value is -0.130. The largest absolute Gasteiger partial charge is 0.391 e. The number of likely N-dealkylation sites (tertiary alicyclic amines) is 1. The van der Waals surface area contributed by atoms with Gasteiger partial charge in [-0.3, -0.25) is 9.69 Å². The molecule has 2 unspecified atom stereocenters. The zero-order chi connectivity index (χ0) is 10.6. The lowest BCUT2D eigenvalue weighted by atomic mass is 9.97. The molecule has 14 heavy (non-hydrogen) atoms. The van der Waals surface area contributed by atoms with E-state index in [-0.39, 0.29) is 17.9 Å². The molecule has 0 aromatic heterocycles. The topological polar surface area (TPSA) is 66.6 Å². The zero-order valence-corrected chi connectivity index (χ0v) is 9.74. The van der Waals surface area contributed by atoms with E-state index in [1.807, 2.05) is 0 Å². The Balaban J connectivity index is 2.36. The third-order valence-corrected chi connectivity index (χ3v) is 3.30. The maximum absolute atomic E-state index is 11.0. The second-order valence-electron chi connectivity index (χ2n) is 3.81. The number of carbonyl (C=O) groups excluding carboxylic acids is 1. The van der Waals surface area contributed by atoms with Crippen LogP contribution in [0.4, 0.5) is 0 Å². The summed E-state index contributed by atoms with van der Waals surface area (Å²) in [5.41, 5.74) is 5.26. The molecule has 82 valence electrons. The number of aliphatic hydroxyl groups excluding tert-OH is 1. The van der Waals surface area contributed by atoms with Crippen molar-refractivity contribution >= 4 is 21.8 Å². The van der Waals surface area contributed by atoms with Crippen LogP contribution >= 0.6 is 15.9 Å². The predicted octanol–water partition coefficient (Wildman–Crippen LogP) is -0.0605. The number of aliphatic hydroxyl groups is 1. The second kappa shape index (κ2) is 5.68. The molecule has 0 bridgehead atoms. The Morgan fingerprint density at radius 2 is 2.43 bits per heavy atom. The first-order chi connectivity index (χ1) is 6.63. The van der Waals surface area contributed by atoms with Crippen molar-refractivity contribution in [1.82, 2.24) is 4.90 Å². The number of carbonyl (C=O) groups is 1. The maximum atomic E-state index is 11.0. The molecule has 0 saturated carbocycles. The number of rotatable bonds is 4. The van der Waals surface area contributed by atoms with Gasteiger partial charge in [-0.25, -0.2) is 0 Å². The molecule has 4 nitrogen and oxygen atoms in total. The molecule has 1 rings (SSSR count). The Morgan fingerprint density at radius 3 is 3.00 bits per heavy atom. The highest BCUT2D eigenvalue weighted by atomic mass is 79.9. The third-order valence-electron chi connectivity index (χ3n) is 2.55. The quantitative estimate of drug-likeness (QED) is 0.700. The molecule has 0 aromatic rings. The van der Waals surface area contributed by atoms with E-state index in [2.05, 4.69) is 20.8 Å². The number of halogens is 1. The van der Waals surface area contributed by atoms with Gasteiger partial charge in [0.2, 0.25) is 5.91 Å².